The molecule has 1 heterocycles. The van der Waals surface area contributed by atoms with Crippen LogP contribution in [0.15, 0.2) is 83.8 Å². The van der Waals surface area contributed by atoms with Crippen LogP contribution >= 0.6 is 0 Å². The molecule has 4 rings (SSSR count). The fourth-order valence-corrected chi connectivity index (χ4v) is 5.85. The maximum Gasteiger partial charge on any atom is 0.320 e. The number of hydrogen-bond donors (Lipinski definition) is 3. The summed E-state index contributed by atoms with van der Waals surface area (Å²) >= 11 is 0. The molecule has 198 valence electrons. The number of carboxylic acid groups (broad SMARTS) is 1. The molecule has 9 heteroatoms. The van der Waals surface area contributed by atoms with Crippen molar-refractivity contribution in [3.63, 3.8) is 0 Å². The van der Waals surface area contributed by atoms with Crippen LogP contribution in [-0.2, 0) is 27.7 Å². The van der Waals surface area contributed by atoms with Gasteiger partial charge in [-0.1, -0.05) is 60.2 Å². The summed E-state index contributed by atoms with van der Waals surface area (Å²) in [5.74, 6) is -1.28. The number of hydrogen-bond acceptors (Lipinski definition) is 5. The molecule has 0 aromatic heterocycles. The highest BCUT2D eigenvalue weighted by molar-refractivity contribution is 7.89. The lowest BCUT2D eigenvalue weighted by Gasteiger charge is -2.37. The Labute approximate surface area is 217 Å². The molecule has 0 amide bonds. The number of carbonyl (C=O) groups is 1. The van der Waals surface area contributed by atoms with Gasteiger partial charge in [-0.25, -0.2) is 12.8 Å². The predicted molar refractivity (Wildman–Crippen MR) is 140 cm³/mol. The van der Waals surface area contributed by atoms with E-state index in [0.29, 0.717) is 25.7 Å². The Balaban J connectivity index is 0.000000266. The van der Waals surface area contributed by atoms with Crippen molar-refractivity contribution in [2.75, 3.05) is 6.54 Å². The Hall–Kier alpha value is -3.11. The number of aliphatic hydroxyl groups excluding tert-OH is 1. The maximum atomic E-state index is 13.1. The molecule has 0 aliphatic carbocycles. The normalized spacial score (nSPS) is 18.9. The lowest BCUT2D eigenvalue weighted by atomic mass is 9.96. The average Bonchev–Trinajstić information content (AvgIpc) is 2.86. The molecule has 3 aromatic carbocycles. The summed E-state index contributed by atoms with van der Waals surface area (Å²) in [6, 6.07) is 21.0. The highest BCUT2D eigenvalue weighted by Gasteiger charge is 2.36. The summed E-state index contributed by atoms with van der Waals surface area (Å²) in [5, 5.41) is 18.5. The predicted octanol–water partition coefficient (Wildman–Crippen LogP) is 3.53. The van der Waals surface area contributed by atoms with Gasteiger partial charge in [-0.2, -0.15) is 4.31 Å². The molecule has 0 spiro atoms. The van der Waals surface area contributed by atoms with Crippen LogP contribution in [0.4, 0.5) is 4.39 Å². The Morgan fingerprint density at radius 1 is 1.03 bits per heavy atom. The number of benzene rings is 3. The number of aliphatic carboxylic acids is 1. The summed E-state index contributed by atoms with van der Waals surface area (Å²) in [7, 11) is -3.63. The zero-order chi connectivity index (χ0) is 27.0. The van der Waals surface area contributed by atoms with E-state index in [1.54, 1.807) is 36.4 Å². The second-order valence-electron chi connectivity index (χ2n) is 9.23. The fraction of sp³-hybridized carbons (Fsp3) is 0.321. The van der Waals surface area contributed by atoms with E-state index in [2.05, 4.69) is 0 Å². The molecule has 0 bridgehead atoms. The van der Waals surface area contributed by atoms with Crippen molar-refractivity contribution in [3.8, 4) is 0 Å². The van der Waals surface area contributed by atoms with E-state index in [-0.39, 0.29) is 23.3 Å². The minimum atomic E-state index is -3.63. The Morgan fingerprint density at radius 3 is 2.24 bits per heavy atom. The SMILES string of the molecule is Cc1ccc(S(=O)(=O)N2CC[C@H](O)C[C@H]2Cc2ccc(F)cc2)cc1.N[C@H](Cc1ccccc1)C(=O)O. The monoisotopic (exact) mass is 528 g/mol. The van der Waals surface area contributed by atoms with Gasteiger partial charge in [0.2, 0.25) is 10.0 Å². The summed E-state index contributed by atoms with van der Waals surface area (Å²) in [6.07, 6.45) is 1.11. The number of aryl methyl sites for hydroxylation is 1. The van der Waals surface area contributed by atoms with Gasteiger partial charge >= 0.3 is 5.97 Å². The minimum Gasteiger partial charge on any atom is -0.480 e. The molecule has 3 atom stereocenters. The van der Waals surface area contributed by atoms with Crippen molar-refractivity contribution in [3.05, 3.63) is 101 Å². The Morgan fingerprint density at radius 2 is 1.65 bits per heavy atom. The number of aliphatic hydroxyl groups is 1. The van der Waals surface area contributed by atoms with Crippen molar-refractivity contribution < 1.29 is 27.8 Å². The standard InChI is InChI=1S/C19H22FNO3S.C9H11NO2/c1-14-2-8-19(9-3-14)25(23,24)21-11-10-18(22)13-17(21)12-15-4-6-16(20)7-5-15;10-8(9(11)12)6-7-4-2-1-3-5-7/h2-9,17-18,22H,10-13H2,1H3;1-5,8H,6,10H2,(H,11,12)/t17-,18+;8-/m11/s1. The van der Waals surface area contributed by atoms with Gasteiger partial charge in [0.1, 0.15) is 11.9 Å². The van der Waals surface area contributed by atoms with Crippen LogP contribution in [0.3, 0.4) is 0 Å². The highest BCUT2D eigenvalue weighted by Crippen LogP contribution is 2.28. The highest BCUT2D eigenvalue weighted by atomic mass is 32.2. The van der Waals surface area contributed by atoms with Crippen LogP contribution < -0.4 is 5.73 Å². The topological polar surface area (TPSA) is 121 Å². The van der Waals surface area contributed by atoms with Gasteiger partial charge in [0.25, 0.3) is 0 Å². The van der Waals surface area contributed by atoms with E-state index in [4.69, 9.17) is 10.8 Å². The van der Waals surface area contributed by atoms with Gasteiger partial charge in [-0.15, -0.1) is 0 Å². The van der Waals surface area contributed by atoms with E-state index < -0.39 is 28.1 Å². The van der Waals surface area contributed by atoms with Crippen molar-refractivity contribution in [2.24, 2.45) is 5.73 Å². The molecule has 0 radical (unpaired) electrons. The number of sulfonamides is 1. The van der Waals surface area contributed by atoms with E-state index in [9.17, 15) is 22.7 Å². The third-order valence-electron chi connectivity index (χ3n) is 6.26. The van der Waals surface area contributed by atoms with Crippen LogP contribution in [-0.4, -0.2) is 53.6 Å². The molecule has 1 aliphatic heterocycles. The van der Waals surface area contributed by atoms with Gasteiger partial charge in [0.15, 0.2) is 0 Å². The van der Waals surface area contributed by atoms with Crippen LogP contribution in [0.1, 0.15) is 29.5 Å². The van der Waals surface area contributed by atoms with Crippen molar-refractivity contribution in [1.29, 1.82) is 0 Å². The molecule has 3 aromatic rings. The molecule has 7 nitrogen and oxygen atoms in total. The van der Waals surface area contributed by atoms with Crippen LogP contribution in [0.5, 0.6) is 0 Å². The van der Waals surface area contributed by atoms with Crippen LogP contribution in [0, 0.1) is 12.7 Å². The lowest BCUT2D eigenvalue weighted by molar-refractivity contribution is -0.138. The first-order valence-electron chi connectivity index (χ1n) is 12.1. The number of halogens is 1. The quantitative estimate of drug-likeness (QED) is 0.431. The minimum absolute atomic E-state index is 0.263. The van der Waals surface area contributed by atoms with Crippen molar-refractivity contribution >= 4 is 16.0 Å². The summed E-state index contributed by atoms with van der Waals surface area (Å²) in [5.41, 5.74) is 8.15. The number of piperidine rings is 1. The molecule has 4 N–H and O–H groups in total. The molecule has 1 saturated heterocycles. The molecular weight excluding hydrogens is 495 g/mol. The third kappa shape index (κ3) is 8.19. The zero-order valence-electron chi connectivity index (χ0n) is 20.7. The molecule has 0 saturated carbocycles. The molecule has 1 fully saturated rings. The Bertz CT molecular complexity index is 1250. The van der Waals surface area contributed by atoms with Gasteiger partial charge in [0, 0.05) is 12.6 Å². The van der Waals surface area contributed by atoms with Gasteiger partial charge < -0.3 is 15.9 Å². The number of rotatable bonds is 7. The van der Waals surface area contributed by atoms with Gasteiger partial charge in [-0.05, 0) is 68.0 Å². The van der Waals surface area contributed by atoms with E-state index in [0.717, 1.165) is 16.7 Å². The summed E-state index contributed by atoms with van der Waals surface area (Å²) in [6.45, 7) is 2.19. The zero-order valence-corrected chi connectivity index (χ0v) is 21.5. The van der Waals surface area contributed by atoms with Gasteiger partial charge in [-0.3, -0.25) is 4.79 Å². The number of nitrogens with two attached hydrogens (primary N) is 1. The average molecular weight is 529 g/mol. The molecule has 1 aliphatic rings. The fourth-order valence-electron chi connectivity index (χ4n) is 4.20. The van der Waals surface area contributed by atoms with Gasteiger partial charge in [0.05, 0.1) is 11.0 Å². The second-order valence-corrected chi connectivity index (χ2v) is 11.1. The first kappa shape index (κ1) is 28.5. The van der Waals surface area contributed by atoms with E-state index >= 15 is 0 Å². The molecule has 37 heavy (non-hydrogen) atoms. The molecular formula is C28H33FN2O5S. The van der Waals surface area contributed by atoms with Crippen LogP contribution in [0.25, 0.3) is 0 Å². The summed E-state index contributed by atoms with van der Waals surface area (Å²) in [4.78, 5) is 10.6. The largest absolute Gasteiger partial charge is 0.480 e. The van der Waals surface area contributed by atoms with E-state index in [1.807, 2.05) is 37.3 Å². The number of carboxylic acids is 1. The summed E-state index contributed by atoms with van der Waals surface area (Å²) < 4.78 is 40.7. The Kier molecular flexibility index (Phi) is 9.93. The first-order valence-corrected chi connectivity index (χ1v) is 13.5. The third-order valence-corrected chi connectivity index (χ3v) is 8.23. The number of nitrogens with zero attached hydrogens (tertiary/aromatic N) is 1. The van der Waals surface area contributed by atoms with E-state index in [1.165, 1.54) is 16.4 Å². The van der Waals surface area contributed by atoms with Crippen molar-refractivity contribution in [1.82, 2.24) is 4.31 Å². The molecule has 0 unspecified atom stereocenters. The van der Waals surface area contributed by atoms with Crippen LogP contribution in [0.2, 0.25) is 0 Å². The maximum absolute atomic E-state index is 13.1. The first-order chi connectivity index (χ1) is 17.6. The van der Waals surface area contributed by atoms with Crippen molar-refractivity contribution in [2.45, 2.75) is 55.7 Å². The second kappa shape index (κ2) is 12.9. The smallest absolute Gasteiger partial charge is 0.320 e. The lowest BCUT2D eigenvalue weighted by Crippen LogP contribution is -2.48.